The summed E-state index contributed by atoms with van der Waals surface area (Å²) in [5.74, 6) is -1.27. The number of halogens is 1. The average Bonchev–Trinajstić information content (AvgIpc) is 2.83. The number of anilines is 1. The highest BCUT2D eigenvalue weighted by molar-refractivity contribution is 5.94. The van der Waals surface area contributed by atoms with Gasteiger partial charge in [-0.2, -0.15) is 0 Å². The minimum Gasteiger partial charge on any atom is -0.366 e. The number of primary amides is 1. The fourth-order valence-electron chi connectivity index (χ4n) is 3.48. The molecule has 2 aromatic carbocycles. The van der Waals surface area contributed by atoms with Gasteiger partial charge < -0.3 is 16.0 Å². The Morgan fingerprint density at radius 2 is 1.89 bits per heavy atom. The van der Waals surface area contributed by atoms with Gasteiger partial charge in [0.1, 0.15) is 5.82 Å². The van der Waals surface area contributed by atoms with Crippen LogP contribution >= 0.6 is 0 Å². The van der Waals surface area contributed by atoms with Crippen LogP contribution in [-0.2, 0) is 6.54 Å². The molecule has 1 atom stereocenters. The Balaban J connectivity index is 1.61. The van der Waals surface area contributed by atoms with E-state index in [1.165, 1.54) is 17.7 Å². The maximum atomic E-state index is 13.9. The summed E-state index contributed by atoms with van der Waals surface area (Å²) in [6.45, 7) is 5.84. The summed E-state index contributed by atoms with van der Waals surface area (Å²) in [5, 5.41) is 2.71. The molecule has 3 N–H and O–H groups in total. The first-order valence-corrected chi connectivity index (χ1v) is 9.34. The van der Waals surface area contributed by atoms with E-state index in [0.29, 0.717) is 24.7 Å². The zero-order chi connectivity index (χ0) is 20.1. The van der Waals surface area contributed by atoms with Gasteiger partial charge in [0.05, 0.1) is 5.56 Å². The molecule has 0 bridgehead atoms. The Hall–Kier alpha value is -2.93. The van der Waals surface area contributed by atoms with Crippen LogP contribution in [0.25, 0.3) is 0 Å². The molecular formula is C21H25FN4O2. The highest BCUT2D eigenvalue weighted by Gasteiger charge is 2.23. The van der Waals surface area contributed by atoms with Crippen LogP contribution in [0.15, 0.2) is 48.5 Å². The quantitative estimate of drug-likeness (QED) is 0.851. The van der Waals surface area contributed by atoms with Crippen LogP contribution in [0, 0.1) is 11.7 Å². The molecule has 1 fully saturated rings. The third kappa shape index (κ3) is 5.07. The van der Waals surface area contributed by atoms with E-state index in [2.05, 4.69) is 29.3 Å². The molecule has 0 aliphatic carbocycles. The number of hydrogen-bond donors (Lipinski definition) is 2. The maximum Gasteiger partial charge on any atom is 0.321 e. The third-order valence-electron chi connectivity index (χ3n) is 4.81. The Morgan fingerprint density at radius 1 is 1.14 bits per heavy atom. The van der Waals surface area contributed by atoms with Gasteiger partial charge in [-0.15, -0.1) is 0 Å². The van der Waals surface area contributed by atoms with Crippen molar-refractivity contribution in [2.24, 2.45) is 11.7 Å². The lowest BCUT2D eigenvalue weighted by Crippen LogP contribution is -2.38. The van der Waals surface area contributed by atoms with E-state index in [1.54, 1.807) is 4.90 Å². The van der Waals surface area contributed by atoms with E-state index >= 15 is 0 Å². The van der Waals surface area contributed by atoms with Crippen molar-refractivity contribution in [3.63, 3.8) is 0 Å². The summed E-state index contributed by atoms with van der Waals surface area (Å²) in [7, 11) is 0. The summed E-state index contributed by atoms with van der Waals surface area (Å²) in [6, 6.07) is 13.8. The molecule has 1 heterocycles. The highest BCUT2D eigenvalue weighted by Crippen LogP contribution is 2.17. The lowest BCUT2D eigenvalue weighted by molar-refractivity contribution is 0.0996. The number of carbonyl (C=O) groups is 2. The second-order valence-electron chi connectivity index (χ2n) is 7.26. The number of nitrogens with one attached hydrogen (secondary N) is 1. The number of rotatable bonds is 4. The van der Waals surface area contributed by atoms with Crippen molar-refractivity contribution in [1.29, 1.82) is 0 Å². The van der Waals surface area contributed by atoms with Gasteiger partial charge >= 0.3 is 6.03 Å². The number of nitrogens with two attached hydrogens (primary N) is 1. The van der Waals surface area contributed by atoms with Gasteiger partial charge in [-0.3, -0.25) is 9.69 Å². The first kappa shape index (κ1) is 19.8. The third-order valence-corrected chi connectivity index (χ3v) is 4.81. The molecule has 0 radical (unpaired) electrons. The molecule has 0 aromatic heterocycles. The fourth-order valence-corrected chi connectivity index (χ4v) is 3.48. The first-order valence-electron chi connectivity index (χ1n) is 9.34. The molecule has 28 heavy (non-hydrogen) atoms. The van der Waals surface area contributed by atoms with Crippen LogP contribution in [-0.4, -0.2) is 47.9 Å². The van der Waals surface area contributed by atoms with E-state index < -0.39 is 11.7 Å². The minimum atomic E-state index is -0.838. The SMILES string of the molecule is CC1CN(Cc2ccccc2)CCN(C(=O)Nc2ccc(C(N)=O)c(F)c2)C1. The highest BCUT2D eigenvalue weighted by atomic mass is 19.1. The van der Waals surface area contributed by atoms with Gasteiger partial charge in [-0.25, -0.2) is 9.18 Å². The second-order valence-corrected chi connectivity index (χ2v) is 7.26. The Morgan fingerprint density at radius 3 is 2.57 bits per heavy atom. The van der Waals surface area contributed by atoms with Crippen molar-refractivity contribution in [3.05, 3.63) is 65.5 Å². The number of urea groups is 1. The molecule has 0 spiro atoms. The predicted octanol–water partition coefficient (Wildman–Crippen LogP) is 2.91. The van der Waals surface area contributed by atoms with E-state index in [-0.39, 0.29) is 11.6 Å². The van der Waals surface area contributed by atoms with Gasteiger partial charge in [-0.1, -0.05) is 37.3 Å². The summed E-state index contributed by atoms with van der Waals surface area (Å²) in [5.41, 5.74) is 6.45. The van der Waals surface area contributed by atoms with E-state index in [0.717, 1.165) is 25.7 Å². The number of nitrogens with zero attached hydrogens (tertiary/aromatic N) is 2. The smallest absolute Gasteiger partial charge is 0.321 e. The summed E-state index contributed by atoms with van der Waals surface area (Å²) < 4.78 is 13.9. The lowest BCUT2D eigenvalue weighted by atomic mass is 10.1. The van der Waals surface area contributed by atoms with Gasteiger partial charge in [0.25, 0.3) is 5.91 Å². The van der Waals surface area contributed by atoms with Gasteiger partial charge in [0.15, 0.2) is 0 Å². The molecule has 0 saturated carbocycles. The topological polar surface area (TPSA) is 78.7 Å². The summed E-state index contributed by atoms with van der Waals surface area (Å²) in [4.78, 5) is 27.9. The van der Waals surface area contributed by atoms with Crippen LogP contribution < -0.4 is 11.1 Å². The van der Waals surface area contributed by atoms with Crippen LogP contribution in [0.3, 0.4) is 0 Å². The van der Waals surface area contributed by atoms with Crippen LogP contribution in [0.2, 0.25) is 0 Å². The number of benzene rings is 2. The fraction of sp³-hybridized carbons (Fsp3) is 0.333. The van der Waals surface area contributed by atoms with Gasteiger partial charge in [-0.05, 0) is 29.7 Å². The van der Waals surface area contributed by atoms with Crippen molar-refractivity contribution >= 4 is 17.6 Å². The molecule has 6 nitrogen and oxygen atoms in total. The van der Waals surface area contributed by atoms with Crippen molar-refractivity contribution < 1.29 is 14.0 Å². The van der Waals surface area contributed by atoms with Crippen LogP contribution in [0.1, 0.15) is 22.8 Å². The van der Waals surface area contributed by atoms with Gasteiger partial charge in [0, 0.05) is 38.4 Å². The monoisotopic (exact) mass is 384 g/mol. The van der Waals surface area contributed by atoms with Crippen molar-refractivity contribution in [2.45, 2.75) is 13.5 Å². The molecule has 7 heteroatoms. The maximum absolute atomic E-state index is 13.9. The lowest BCUT2D eigenvalue weighted by Gasteiger charge is -2.22. The van der Waals surface area contributed by atoms with Gasteiger partial charge in [0.2, 0.25) is 0 Å². The van der Waals surface area contributed by atoms with E-state index in [1.807, 2.05) is 18.2 Å². The number of amides is 3. The molecule has 1 saturated heterocycles. The zero-order valence-electron chi connectivity index (χ0n) is 15.9. The van der Waals surface area contributed by atoms with Crippen molar-refractivity contribution in [2.75, 3.05) is 31.5 Å². The Kier molecular flexibility index (Phi) is 6.26. The zero-order valence-corrected chi connectivity index (χ0v) is 15.9. The van der Waals surface area contributed by atoms with E-state index in [9.17, 15) is 14.0 Å². The van der Waals surface area contributed by atoms with E-state index in [4.69, 9.17) is 5.73 Å². The molecule has 1 aliphatic rings. The van der Waals surface area contributed by atoms with Crippen LogP contribution in [0.5, 0.6) is 0 Å². The normalized spacial score (nSPS) is 17.8. The van der Waals surface area contributed by atoms with Crippen molar-refractivity contribution in [1.82, 2.24) is 9.80 Å². The van der Waals surface area contributed by atoms with Crippen LogP contribution in [0.4, 0.5) is 14.9 Å². The molecule has 1 unspecified atom stereocenters. The first-order chi connectivity index (χ1) is 13.4. The average molecular weight is 384 g/mol. The molecule has 1 aliphatic heterocycles. The molecular weight excluding hydrogens is 359 g/mol. The minimum absolute atomic E-state index is 0.196. The number of hydrogen-bond acceptors (Lipinski definition) is 3. The second kappa shape index (κ2) is 8.84. The Labute approximate surface area is 164 Å². The molecule has 148 valence electrons. The molecule has 3 rings (SSSR count). The molecule has 3 amide bonds. The predicted molar refractivity (Wildman–Crippen MR) is 106 cm³/mol. The number of carbonyl (C=O) groups excluding carboxylic acids is 2. The van der Waals surface area contributed by atoms with Crippen molar-refractivity contribution in [3.8, 4) is 0 Å². The Bertz CT molecular complexity index is 844. The summed E-state index contributed by atoms with van der Waals surface area (Å²) in [6.07, 6.45) is 0. The summed E-state index contributed by atoms with van der Waals surface area (Å²) >= 11 is 0. The molecule has 2 aromatic rings. The largest absolute Gasteiger partial charge is 0.366 e. The standard InChI is InChI=1S/C21H25FN4O2/c1-15-12-25(14-16-5-3-2-4-6-16)9-10-26(13-15)21(28)24-17-7-8-18(20(23)27)19(22)11-17/h2-8,11,15H,9-10,12-14H2,1H3,(H2,23,27)(H,24,28).